The summed E-state index contributed by atoms with van der Waals surface area (Å²) in [4.78, 5) is 24.5. The first-order valence-electron chi connectivity index (χ1n) is 9.26. The summed E-state index contributed by atoms with van der Waals surface area (Å²) in [5.74, 6) is 2.90. The number of carbonyl (C=O) groups excluding carboxylic acids is 2. The van der Waals surface area contributed by atoms with E-state index in [4.69, 9.17) is 0 Å². The lowest BCUT2D eigenvalue weighted by molar-refractivity contribution is -0.132. The van der Waals surface area contributed by atoms with E-state index in [1.165, 1.54) is 11.1 Å². The summed E-state index contributed by atoms with van der Waals surface area (Å²) in [6.07, 6.45) is 8.96. The fourth-order valence-corrected chi connectivity index (χ4v) is 6.74. The third-order valence-electron chi connectivity index (χ3n) is 8.12. The fraction of sp³-hybridized carbons (Fsp3) is 0.714. The number of ketones is 2. The van der Waals surface area contributed by atoms with Gasteiger partial charge in [-0.3, -0.25) is 9.59 Å². The number of rotatable bonds is 0. The monoisotopic (exact) mass is 312 g/mol. The molecule has 4 rings (SSSR count). The minimum atomic E-state index is -0.0689. The molecule has 2 heteroatoms. The van der Waals surface area contributed by atoms with E-state index in [0.29, 0.717) is 29.5 Å². The lowest BCUT2D eigenvalue weighted by Crippen LogP contribution is -2.52. The van der Waals surface area contributed by atoms with Gasteiger partial charge < -0.3 is 0 Å². The van der Waals surface area contributed by atoms with E-state index >= 15 is 0 Å². The van der Waals surface area contributed by atoms with Gasteiger partial charge in [-0.25, -0.2) is 0 Å². The Hall–Kier alpha value is -1.18. The SMILES string of the molecule is CC1=CC(=O)C=C2C(C)C[C@H]3[C@H](CC[C@]4(C)C(=O)CC[C@@H]34)[C@]12C. The molecule has 1 unspecified atom stereocenters. The molecular weight excluding hydrogens is 284 g/mol. The van der Waals surface area contributed by atoms with Gasteiger partial charge in [0, 0.05) is 17.3 Å². The van der Waals surface area contributed by atoms with Gasteiger partial charge >= 0.3 is 0 Å². The smallest absolute Gasteiger partial charge is 0.178 e. The molecule has 3 saturated carbocycles. The largest absolute Gasteiger partial charge is 0.299 e. The average molecular weight is 312 g/mol. The Morgan fingerprint density at radius 1 is 1.09 bits per heavy atom. The van der Waals surface area contributed by atoms with E-state index in [-0.39, 0.29) is 16.6 Å². The van der Waals surface area contributed by atoms with Crippen molar-refractivity contribution >= 4 is 11.6 Å². The van der Waals surface area contributed by atoms with Crippen molar-refractivity contribution in [3.8, 4) is 0 Å². The van der Waals surface area contributed by atoms with Crippen LogP contribution in [0.25, 0.3) is 0 Å². The Morgan fingerprint density at radius 2 is 1.83 bits per heavy atom. The van der Waals surface area contributed by atoms with Crippen LogP contribution in [-0.2, 0) is 9.59 Å². The molecule has 0 aromatic rings. The van der Waals surface area contributed by atoms with Gasteiger partial charge in [-0.1, -0.05) is 31.9 Å². The molecule has 0 bridgehead atoms. The molecule has 0 aromatic carbocycles. The summed E-state index contributed by atoms with van der Waals surface area (Å²) in [5.41, 5.74) is 2.57. The summed E-state index contributed by atoms with van der Waals surface area (Å²) >= 11 is 0. The minimum absolute atomic E-state index is 0.0310. The zero-order valence-corrected chi connectivity index (χ0v) is 14.8. The van der Waals surface area contributed by atoms with Crippen molar-refractivity contribution in [3.05, 3.63) is 23.3 Å². The van der Waals surface area contributed by atoms with Crippen LogP contribution < -0.4 is 0 Å². The van der Waals surface area contributed by atoms with E-state index in [0.717, 1.165) is 32.1 Å². The molecule has 0 spiro atoms. The number of Topliss-reactive ketones (excluding diaryl/α,β-unsaturated/α-hetero) is 1. The average Bonchev–Trinajstić information content (AvgIpc) is 2.78. The van der Waals surface area contributed by atoms with Crippen LogP contribution >= 0.6 is 0 Å². The first-order chi connectivity index (χ1) is 10.8. The van der Waals surface area contributed by atoms with Crippen molar-refractivity contribution in [2.45, 2.75) is 59.8 Å². The Labute approximate surface area is 139 Å². The van der Waals surface area contributed by atoms with Gasteiger partial charge in [-0.15, -0.1) is 0 Å². The van der Waals surface area contributed by atoms with Crippen LogP contribution in [0.1, 0.15) is 59.8 Å². The van der Waals surface area contributed by atoms with E-state index < -0.39 is 0 Å². The maximum absolute atomic E-state index is 12.5. The third kappa shape index (κ3) is 1.81. The fourth-order valence-electron chi connectivity index (χ4n) is 6.74. The first kappa shape index (κ1) is 15.4. The van der Waals surface area contributed by atoms with Gasteiger partial charge in [0.25, 0.3) is 0 Å². The summed E-state index contributed by atoms with van der Waals surface area (Å²) < 4.78 is 0. The molecular formula is C21H28O2. The molecule has 0 radical (unpaired) electrons. The Balaban J connectivity index is 1.79. The Bertz CT molecular complexity index is 655. The van der Waals surface area contributed by atoms with E-state index in [9.17, 15) is 9.59 Å². The van der Waals surface area contributed by atoms with Crippen LogP contribution in [0.15, 0.2) is 23.3 Å². The molecule has 4 aliphatic rings. The summed E-state index contributed by atoms with van der Waals surface area (Å²) in [7, 11) is 0. The maximum Gasteiger partial charge on any atom is 0.178 e. The molecule has 0 aliphatic heterocycles. The van der Waals surface area contributed by atoms with Crippen molar-refractivity contribution in [3.63, 3.8) is 0 Å². The van der Waals surface area contributed by atoms with Crippen LogP contribution in [0.2, 0.25) is 0 Å². The van der Waals surface area contributed by atoms with Crippen molar-refractivity contribution in [1.82, 2.24) is 0 Å². The van der Waals surface area contributed by atoms with Crippen LogP contribution in [0.5, 0.6) is 0 Å². The zero-order chi connectivity index (χ0) is 16.6. The number of hydrogen-bond acceptors (Lipinski definition) is 2. The van der Waals surface area contributed by atoms with E-state index in [2.05, 4.69) is 27.7 Å². The Morgan fingerprint density at radius 3 is 2.57 bits per heavy atom. The molecule has 0 N–H and O–H groups in total. The van der Waals surface area contributed by atoms with E-state index in [1.807, 2.05) is 12.2 Å². The summed E-state index contributed by atoms with van der Waals surface area (Å²) in [5, 5.41) is 0. The minimum Gasteiger partial charge on any atom is -0.299 e. The molecule has 2 nitrogen and oxygen atoms in total. The lowest BCUT2D eigenvalue weighted by atomic mass is 9.45. The Kier molecular flexibility index (Phi) is 3.12. The quantitative estimate of drug-likeness (QED) is 0.660. The van der Waals surface area contributed by atoms with Crippen molar-refractivity contribution < 1.29 is 9.59 Å². The lowest BCUT2D eigenvalue weighted by Gasteiger charge is -2.58. The van der Waals surface area contributed by atoms with E-state index in [1.54, 1.807) is 0 Å². The van der Waals surface area contributed by atoms with Gasteiger partial charge in [0.15, 0.2) is 5.78 Å². The van der Waals surface area contributed by atoms with Crippen LogP contribution in [0.4, 0.5) is 0 Å². The first-order valence-corrected chi connectivity index (χ1v) is 9.26. The normalized spacial score (nSPS) is 49.0. The number of hydrogen-bond donors (Lipinski definition) is 0. The van der Waals surface area contributed by atoms with Crippen molar-refractivity contribution in [2.24, 2.45) is 34.5 Å². The zero-order valence-electron chi connectivity index (χ0n) is 14.8. The molecule has 0 heterocycles. The molecule has 124 valence electrons. The molecule has 6 atom stereocenters. The highest BCUT2D eigenvalue weighted by atomic mass is 16.1. The number of fused-ring (bicyclic) bond motifs is 5. The topological polar surface area (TPSA) is 34.1 Å². The van der Waals surface area contributed by atoms with Gasteiger partial charge in [-0.05, 0) is 68.4 Å². The van der Waals surface area contributed by atoms with Crippen molar-refractivity contribution in [1.29, 1.82) is 0 Å². The molecule has 3 fully saturated rings. The molecule has 0 amide bonds. The van der Waals surface area contributed by atoms with Crippen LogP contribution in [-0.4, -0.2) is 11.6 Å². The third-order valence-corrected chi connectivity index (χ3v) is 8.12. The second-order valence-electron chi connectivity index (χ2n) is 8.96. The van der Waals surface area contributed by atoms with Gasteiger partial charge in [0.2, 0.25) is 0 Å². The van der Waals surface area contributed by atoms with Gasteiger partial charge in [0.05, 0.1) is 0 Å². The van der Waals surface area contributed by atoms with Gasteiger partial charge in [-0.2, -0.15) is 0 Å². The maximum atomic E-state index is 12.5. The molecule has 0 saturated heterocycles. The summed E-state index contributed by atoms with van der Waals surface area (Å²) in [6.45, 7) is 9.03. The van der Waals surface area contributed by atoms with Crippen molar-refractivity contribution in [2.75, 3.05) is 0 Å². The predicted octanol–water partition coefficient (Wildman–Crippen LogP) is 4.50. The highest BCUT2D eigenvalue weighted by Gasteiger charge is 2.60. The van der Waals surface area contributed by atoms with Gasteiger partial charge in [0.1, 0.15) is 5.78 Å². The number of allylic oxidation sites excluding steroid dienone is 4. The molecule has 23 heavy (non-hydrogen) atoms. The highest BCUT2D eigenvalue weighted by Crippen LogP contribution is 2.65. The predicted molar refractivity (Wildman–Crippen MR) is 90.8 cm³/mol. The second kappa shape index (κ2) is 4.68. The number of carbonyl (C=O) groups is 2. The van der Waals surface area contributed by atoms with Crippen LogP contribution in [0, 0.1) is 34.5 Å². The molecule has 4 aliphatic carbocycles. The standard InChI is InChI=1S/C21H28O2/c1-12-9-15-16-5-6-19(23)20(16,3)8-7-17(15)21(4)13(2)10-14(22)11-18(12)21/h10-12,15-17H,5-9H2,1-4H3/t12?,15-,16+,17+,20+,21+/m1/s1. The highest BCUT2D eigenvalue weighted by molar-refractivity contribution is 6.02. The molecule has 0 aromatic heterocycles. The second-order valence-corrected chi connectivity index (χ2v) is 8.96. The van der Waals surface area contributed by atoms with Crippen LogP contribution in [0.3, 0.4) is 0 Å². The summed E-state index contributed by atoms with van der Waals surface area (Å²) in [6, 6.07) is 0.